The number of nitrogens with zero attached hydrogens (tertiary/aromatic N) is 4. The summed E-state index contributed by atoms with van der Waals surface area (Å²) in [7, 11) is -3.59. The maximum absolute atomic E-state index is 13.3. The number of sulfonamides is 1. The van der Waals surface area contributed by atoms with Gasteiger partial charge in [-0.1, -0.05) is 48.0 Å². The molecule has 1 saturated heterocycles. The molecule has 6 nitrogen and oxygen atoms in total. The fourth-order valence-electron chi connectivity index (χ4n) is 3.84. The molecule has 0 radical (unpaired) electrons. The number of aryl methyl sites for hydroxylation is 2. The van der Waals surface area contributed by atoms with Gasteiger partial charge in [-0.05, 0) is 37.1 Å². The average molecular weight is 445 g/mol. The Morgan fingerprint density at radius 1 is 1.00 bits per heavy atom. The molecule has 1 aromatic heterocycles. The second kappa shape index (κ2) is 8.41. The van der Waals surface area contributed by atoms with Gasteiger partial charge in [0.25, 0.3) is 0 Å². The van der Waals surface area contributed by atoms with E-state index in [1.54, 1.807) is 22.1 Å². The van der Waals surface area contributed by atoms with E-state index in [-0.39, 0.29) is 4.90 Å². The van der Waals surface area contributed by atoms with Crippen LogP contribution in [0, 0.1) is 13.8 Å². The van der Waals surface area contributed by atoms with Crippen molar-refractivity contribution in [2.45, 2.75) is 25.3 Å². The highest BCUT2D eigenvalue weighted by molar-refractivity contribution is 7.89. The largest absolute Gasteiger partial charge is 0.369 e. The fraction of sp³-hybridized carbons (Fsp3) is 0.318. The lowest BCUT2D eigenvalue weighted by Gasteiger charge is -2.36. The van der Waals surface area contributed by atoms with Crippen LogP contribution in [0.1, 0.15) is 16.8 Å². The van der Waals surface area contributed by atoms with E-state index in [1.165, 1.54) is 0 Å². The average Bonchev–Trinajstić information content (AvgIpc) is 3.11. The van der Waals surface area contributed by atoms with E-state index >= 15 is 0 Å². The van der Waals surface area contributed by atoms with Gasteiger partial charge in [0.2, 0.25) is 10.0 Å². The standard InChI is InChI=1S/C22H25ClN4O2S/c1-17-8-9-20(23)14-21(17)25-10-12-27(13-11-25)30(28,29)22-16-26(24-18(22)2)15-19-6-4-3-5-7-19/h3-9,14,16H,10-13,15H2,1-2H3. The molecule has 0 aliphatic carbocycles. The first kappa shape index (κ1) is 20.9. The van der Waals surface area contributed by atoms with Crippen LogP contribution in [-0.2, 0) is 16.6 Å². The lowest BCUT2D eigenvalue weighted by Crippen LogP contribution is -2.48. The fourth-order valence-corrected chi connectivity index (χ4v) is 5.59. The van der Waals surface area contributed by atoms with Gasteiger partial charge >= 0.3 is 0 Å². The van der Waals surface area contributed by atoms with E-state index < -0.39 is 10.0 Å². The minimum atomic E-state index is -3.59. The van der Waals surface area contributed by atoms with Crippen molar-refractivity contribution in [3.05, 3.63) is 76.6 Å². The minimum Gasteiger partial charge on any atom is -0.369 e. The van der Waals surface area contributed by atoms with Gasteiger partial charge in [-0.3, -0.25) is 4.68 Å². The van der Waals surface area contributed by atoms with Crippen molar-refractivity contribution in [2.75, 3.05) is 31.1 Å². The van der Waals surface area contributed by atoms with Crippen LogP contribution in [-0.4, -0.2) is 48.7 Å². The first-order valence-corrected chi connectivity index (χ1v) is 11.8. The topological polar surface area (TPSA) is 58.4 Å². The maximum Gasteiger partial charge on any atom is 0.246 e. The highest BCUT2D eigenvalue weighted by Gasteiger charge is 2.31. The van der Waals surface area contributed by atoms with Crippen LogP contribution in [0.15, 0.2) is 59.6 Å². The minimum absolute atomic E-state index is 0.283. The van der Waals surface area contributed by atoms with Crippen LogP contribution in [0.3, 0.4) is 0 Å². The summed E-state index contributed by atoms with van der Waals surface area (Å²) < 4.78 is 29.8. The maximum atomic E-state index is 13.3. The molecule has 3 aromatic rings. The van der Waals surface area contributed by atoms with Crippen LogP contribution >= 0.6 is 11.6 Å². The van der Waals surface area contributed by atoms with Crippen LogP contribution in [0.4, 0.5) is 5.69 Å². The summed E-state index contributed by atoms with van der Waals surface area (Å²) in [6.07, 6.45) is 1.64. The zero-order chi connectivity index (χ0) is 21.3. The number of anilines is 1. The monoisotopic (exact) mass is 444 g/mol. The van der Waals surface area contributed by atoms with Crippen molar-refractivity contribution >= 4 is 27.3 Å². The smallest absolute Gasteiger partial charge is 0.246 e. The molecule has 30 heavy (non-hydrogen) atoms. The summed E-state index contributed by atoms with van der Waals surface area (Å²) in [6.45, 7) is 6.43. The van der Waals surface area contributed by atoms with Crippen molar-refractivity contribution in [1.82, 2.24) is 14.1 Å². The molecule has 0 N–H and O–H groups in total. The Morgan fingerprint density at radius 2 is 1.70 bits per heavy atom. The highest BCUT2D eigenvalue weighted by atomic mass is 35.5. The van der Waals surface area contributed by atoms with Crippen molar-refractivity contribution in [3.63, 3.8) is 0 Å². The lowest BCUT2D eigenvalue weighted by molar-refractivity contribution is 0.384. The molecular formula is C22H25ClN4O2S. The third kappa shape index (κ3) is 4.24. The van der Waals surface area contributed by atoms with Gasteiger partial charge in [-0.2, -0.15) is 9.40 Å². The molecule has 0 bridgehead atoms. The summed E-state index contributed by atoms with van der Waals surface area (Å²) in [5.74, 6) is 0. The third-order valence-electron chi connectivity index (χ3n) is 5.46. The van der Waals surface area contributed by atoms with Gasteiger partial charge < -0.3 is 4.90 Å². The van der Waals surface area contributed by atoms with Gasteiger partial charge in [0, 0.05) is 43.1 Å². The van der Waals surface area contributed by atoms with Crippen molar-refractivity contribution < 1.29 is 8.42 Å². The first-order chi connectivity index (χ1) is 14.3. The molecule has 0 saturated carbocycles. The molecule has 1 aliphatic rings. The van der Waals surface area contributed by atoms with Crippen molar-refractivity contribution in [1.29, 1.82) is 0 Å². The quantitative estimate of drug-likeness (QED) is 0.602. The number of benzene rings is 2. The predicted molar refractivity (Wildman–Crippen MR) is 120 cm³/mol. The van der Waals surface area contributed by atoms with Gasteiger partial charge in [-0.15, -0.1) is 0 Å². The molecule has 0 spiro atoms. The molecule has 2 aromatic carbocycles. The second-order valence-corrected chi connectivity index (χ2v) is 9.93. The zero-order valence-electron chi connectivity index (χ0n) is 17.1. The lowest BCUT2D eigenvalue weighted by atomic mass is 10.1. The van der Waals surface area contributed by atoms with Crippen LogP contribution in [0.25, 0.3) is 0 Å². The van der Waals surface area contributed by atoms with E-state index in [0.29, 0.717) is 43.4 Å². The number of hydrogen-bond donors (Lipinski definition) is 0. The highest BCUT2D eigenvalue weighted by Crippen LogP contribution is 2.27. The molecular weight excluding hydrogens is 420 g/mol. The zero-order valence-corrected chi connectivity index (χ0v) is 18.7. The number of rotatable bonds is 5. The summed E-state index contributed by atoms with van der Waals surface area (Å²) >= 11 is 6.15. The van der Waals surface area contributed by atoms with E-state index in [1.807, 2.05) is 55.5 Å². The van der Waals surface area contributed by atoms with E-state index in [4.69, 9.17) is 11.6 Å². The molecule has 4 rings (SSSR count). The van der Waals surface area contributed by atoms with Gasteiger partial charge in [0.1, 0.15) is 4.90 Å². The molecule has 0 atom stereocenters. The molecule has 8 heteroatoms. The van der Waals surface area contributed by atoms with Crippen LogP contribution in [0.5, 0.6) is 0 Å². The third-order valence-corrected chi connectivity index (χ3v) is 7.69. The van der Waals surface area contributed by atoms with Crippen molar-refractivity contribution in [3.8, 4) is 0 Å². The van der Waals surface area contributed by atoms with Gasteiger partial charge in [-0.25, -0.2) is 8.42 Å². The Labute approximate surface area is 182 Å². The Kier molecular flexibility index (Phi) is 5.86. The number of piperazine rings is 1. The number of aromatic nitrogens is 2. The Bertz CT molecular complexity index is 1140. The van der Waals surface area contributed by atoms with Crippen LogP contribution < -0.4 is 4.90 Å². The molecule has 1 aliphatic heterocycles. The second-order valence-electron chi connectivity index (χ2n) is 7.58. The molecule has 0 unspecified atom stereocenters. The predicted octanol–water partition coefficient (Wildman–Crippen LogP) is 3.71. The summed E-state index contributed by atoms with van der Waals surface area (Å²) in [6, 6.07) is 15.7. The Balaban J connectivity index is 1.49. The SMILES string of the molecule is Cc1ccc(Cl)cc1N1CCN(S(=O)(=O)c2cn(Cc3ccccc3)nc2C)CC1. The molecule has 1 fully saturated rings. The van der Waals surface area contributed by atoms with Gasteiger partial charge in [0.05, 0.1) is 12.2 Å². The first-order valence-electron chi connectivity index (χ1n) is 9.94. The normalized spacial score (nSPS) is 15.5. The molecule has 2 heterocycles. The Morgan fingerprint density at radius 3 is 2.40 bits per heavy atom. The van der Waals surface area contributed by atoms with E-state index in [0.717, 1.165) is 16.8 Å². The summed E-state index contributed by atoms with van der Waals surface area (Å²) in [5.41, 5.74) is 3.80. The Hall–Kier alpha value is -2.35. The molecule has 158 valence electrons. The van der Waals surface area contributed by atoms with Gasteiger partial charge in [0.15, 0.2) is 0 Å². The number of halogens is 1. The van der Waals surface area contributed by atoms with E-state index in [2.05, 4.69) is 10.00 Å². The number of hydrogen-bond acceptors (Lipinski definition) is 4. The summed E-state index contributed by atoms with van der Waals surface area (Å²) in [5, 5.41) is 5.12. The molecule has 0 amide bonds. The summed E-state index contributed by atoms with van der Waals surface area (Å²) in [4.78, 5) is 2.48. The van der Waals surface area contributed by atoms with Crippen LogP contribution in [0.2, 0.25) is 5.02 Å². The van der Waals surface area contributed by atoms with Crippen molar-refractivity contribution in [2.24, 2.45) is 0 Å². The van der Waals surface area contributed by atoms with E-state index in [9.17, 15) is 8.42 Å².